The molecule has 130 valence electrons. The van der Waals surface area contributed by atoms with E-state index in [1.807, 2.05) is 38.3 Å². The Bertz CT molecular complexity index is 678. The predicted octanol–water partition coefficient (Wildman–Crippen LogP) is 2.04. The van der Waals surface area contributed by atoms with Crippen LogP contribution >= 0.6 is 11.3 Å². The lowest BCUT2D eigenvalue weighted by Crippen LogP contribution is -2.33. The number of carbonyl (C=O) groups is 2. The van der Waals surface area contributed by atoms with E-state index < -0.39 is 0 Å². The highest BCUT2D eigenvalue weighted by Gasteiger charge is 2.22. The van der Waals surface area contributed by atoms with Crippen molar-refractivity contribution in [2.45, 2.75) is 33.4 Å². The van der Waals surface area contributed by atoms with E-state index in [0.29, 0.717) is 13.1 Å². The fourth-order valence-corrected chi connectivity index (χ4v) is 3.19. The first-order chi connectivity index (χ1) is 11.5. The molecule has 0 N–H and O–H groups in total. The predicted molar refractivity (Wildman–Crippen MR) is 92.8 cm³/mol. The van der Waals surface area contributed by atoms with Crippen LogP contribution in [0.25, 0.3) is 0 Å². The lowest BCUT2D eigenvalue weighted by Gasteiger charge is -2.22. The second kappa shape index (κ2) is 8.05. The van der Waals surface area contributed by atoms with E-state index in [2.05, 4.69) is 10.3 Å². The standard InChI is InChI=1S/C16H23N5O2S/c1-5-20(6-2)15(22)11-21-10-13(17-18-21)16(23)19(4)12(3)14-8-7-9-24-14/h7-10,12H,5-6,11H2,1-4H3/t12-/m1/s1. The van der Waals surface area contributed by atoms with Crippen LogP contribution in [0.4, 0.5) is 0 Å². The fourth-order valence-electron chi connectivity index (χ4n) is 2.36. The van der Waals surface area contributed by atoms with Gasteiger partial charge in [0.25, 0.3) is 5.91 Å². The second-order valence-electron chi connectivity index (χ2n) is 5.47. The van der Waals surface area contributed by atoms with E-state index in [1.54, 1.807) is 28.2 Å². The molecular weight excluding hydrogens is 326 g/mol. The normalized spacial score (nSPS) is 12.0. The van der Waals surface area contributed by atoms with Crippen LogP contribution in [0, 0.1) is 0 Å². The van der Waals surface area contributed by atoms with Crippen molar-refractivity contribution in [2.75, 3.05) is 20.1 Å². The van der Waals surface area contributed by atoms with Crippen molar-refractivity contribution in [3.63, 3.8) is 0 Å². The van der Waals surface area contributed by atoms with Gasteiger partial charge in [0.2, 0.25) is 5.91 Å². The van der Waals surface area contributed by atoms with Crippen molar-refractivity contribution >= 4 is 23.2 Å². The summed E-state index contributed by atoms with van der Waals surface area (Å²) in [5.41, 5.74) is 0.244. The molecule has 0 bridgehead atoms. The molecule has 2 amide bonds. The van der Waals surface area contributed by atoms with Gasteiger partial charge in [-0.1, -0.05) is 11.3 Å². The van der Waals surface area contributed by atoms with Crippen LogP contribution in [-0.2, 0) is 11.3 Å². The maximum atomic E-state index is 12.5. The zero-order valence-electron chi connectivity index (χ0n) is 14.5. The number of thiophene rings is 1. The number of carbonyl (C=O) groups excluding carboxylic acids is 2. The Morgan fingerprint density at radius 3 is 2.62 bits per heavy atom. The minimum atomic E-state index is -0.211. The SMILES string of the molecule is CCN(CC)C(=O)Cn1cc(C(=O)N(C)[C@H](C)c2cccs2)nn1. The summed E-state index contributed by atoms with van der Waals surface area (Å²) < 4.78 is 1.41. The molecule has 0 spiro atoms. The van der Waals surface area contributed by atoms with Gasteiger partial charge in [-0.05, 0) is 32.2 Å². The Morgan fingerprint density at radius 2 is 2.04 bits per heavy atom. The molecular formula is C16H23N5O2S. The van der Waals surface area contributed by atoms with Gasteiger partial charge in [-0.25, -0.2) is 4.68 Å². The van der Waals surface area contributed by atoms with Gasteiger partial charge in [0.15, 0.2) is 5.69 Å². The molecule has 0 aliphatic heterocycles. The van der Waals surface area contributed by atoms with E-state index in [1.165, 1.54) is 10.9 Å². The van der Waals surface area contributed by atoms with Crippen molar-refractivity contribution in [1.29, 1.82) is 0 Å². The third-order valence-electron chi connectivity index (χ3n) is 4.03. The summed E-state index contributed by atoms with van der Waals surface area (Å²) in [7, 11) is 1.74. The molecule has 2 aromatic rings. The smallest absolute Gasteiger partial charge is 0.276 e. The highest BCUT2D eigenvalue weighted by atomic mass is 32.1. The molecule has 0 aromatic carbocycles. The summed E-state index contributed by atoms with van der Waals surface area (Å²) >= 11 is 1.61. The van der Waals surface area contributed by atoms with Gasteiger partial charge in [0.05, 0.1) is 12.2 Å². The van der Waals surface area contributed by atoms with Crippen LogP contribution < -0.4 is 0 Å². The van der Waals surface area contributed by atoms with E-state index in [4.69, 9.17) is 0 Å². The largest absolute Gasteiger partial charge is 0.342 e. The monoisotopic (exact) mass is 349 g/mol. The highest BCUT2D eigenvalue weighted by Crippen LogP contribution is 2.24. The van der Waals surface area contributed by atoms with Crippen LogP contribution in [0.1, 0.15) is 42.2 Å². The second-order valence-corrected chi connectivity index (χ2v) is 6.45. The number of aromatic nitrogens is 3. The average molecular weight is 349 g/mol. The number of amides is 2. The number of rotatable bonds is 7. The van der Waals surface area contributed by atoms with Crippen molar-refractivity contribution in [3.8, 4) is 0 Å². The zero-order valence-corrected chi connectivity index (χ0v) is 15.3. The molecule has 8 heteroatoms. The molecule has 0 saturated heterocycles. The minimum Gasteiger partial charge on any atom is -0.342 e. The van der Waals surface area contributed by atoms with Crippen molar-refractivity contribution in [3.05, 3.63) is 34.3 Å². The summed E-state index contributed by atoms with van der Waals surface area (Å²) in [6, 6.07) is 3.92. The Balaban J connectivity index is 2.04. The van der Waals surface area contributed by atoms with Crippen molar-refractivity contribution in [1.82, 2.24) is 24.8 Å². The molecule has 0 unspecified atom stereocenters. The van der Waals surface area contributed by atoms with Gasteiger partial charge in [0.1, 0.15) is 6.54 Å². The molecule has 0 aliphatic rings. The molecule has 2 heterocycles. The lowest BCUT2D eigenvalue weighted by atomic mass is 10.2. The van der Waals surface area contributed by atoms with Gasteiger partial charge in [-0.15, -0.1) is 16.4 Å². The van der Waals surface area contributed by atoms with Crippen molar-refractivity contribution < 1.29 is 9.59 Å². The number of likely N-dealkylation sites (N-methyl/N-ethyl adjacent to an activating group) is 1. The van der Waals surface area contributed by atoms with E-state index >= 15 is 0 Å². The van der Waals surface area contributed by atoms with E-state index in [-0.39, 0.29) is 30.1 Å². The van der Waals surface area contributed by atoms with Gasteiger partial charge < -0.3 is 9.80 Å². The van der Waals surface area contributed by atoms with Gasteiger partial charge in [0, 0.05) is 25.0 Å². The van der Waals surface area contributed by atoms with Crippen LogP contribution in [0.15, 0.2) is 23.7 Å². The molecule has 0 aliphatic carbocycles. The maximum Gasteiger partial charge on any atom is 0.276 e. The van der Waals surface area contributed by atoms with Gasteiger partial charge in [-0.2, -0.15) is 0 Å². The first-order valence-electron chi connectivity index (χ1n) is 7.96. The first kappa shape index (κ1) is 18.1. The average Bonchev–Trinajstić information content (AvgIpc) is 3.25. The van der Waals surface area contributed by atoms with Gasteiger partial charge in [-0.3, -0.25) is 9.59 Å². The number of hydrogen-bond donors (Lipinski definition) is 0. The van der Waals surface area contributed by atoms with Crippen molar-refractivity contribution in [2.24, 2.45) is 0 Å². The van der Waals surface area contributed by atoms with Crippen LogP contribution in [-0.4, -0.2) is 56.7 Å². The molecule has 24 heavy (non-hydrogen) atoms. The summed E-state index contributed by atoms with van der Waals surface area (Å²) in [5.74, 6) is -0.248. The van der Waals surface area contributed by atoms with Crippen LogP contribution in [0.3, 0.4) is 0 Å². The molecule has 0 saturated carbocycles. The summed E-state index contributed by atoms with van der Waals surface area (Å²) in [6.07, 6.45) is 1.53. The highest BCUT2D eigenvalue weighted by molar-refractivity contribution is 7.10. The Hall–Kier alpha value is -2.22. The maximum absolute atomic E-state index is 12.5. The Labute approximate surface area is 145 Å². The molecule has 2 aromatic heterocycles. The summed E-state index contributed by atoms with van der Waals surface area (Å²) in [4.78, 5) is 29.1. The Kier molecular flexibility index (Phi) is 6.08. The third-order valence-corrected chi connectivity index (χ3v) is 5.07. The zero-order chi connectivity index (χ0) is 17.7. The summed E-state index contributed by atoms with van der Waals surface area (Å²) in [6.45, 7) is 7.22. The molecule has 2 rings (SSSR count). The topological polar surface area (TPSA) is 71.3 Å². The van der Waals surface area contributed by atoms with Crippen LogP contribution in [0.2, 0.25) is 0 Å². The minimum absolute atomic E-state index is 0.0378. The Morgan fingerprint density at radius 1 is 1.33 bits per heavy atom. The summed E-state index contributed by atoms with van der Waals surface area (Å²) in [5, 5.41) is 9.81. The molecule has 1 atom stereocenters. The van der Waals surface area contributed by atoms with E-state index in [0.717, 1.165) is 4.88 Å². The lowest BCUT2D eigenvalue weighted by molar-refractivity contribution is -0.131. The number of nitrogens with zero attached hydrogens (tertiary/aromatic N) is 5. The fraction of sp³-hybridized carbons (Fsp3) is 0.500. The molecule has 0 radical (unpaired) electrons. The number of hydrogen-bond acceptors (Lipinski definition) is 5. The van der Waals surface area contributed by atoms with Crippen LogP contribution in [0.5, 0.6) is 0 Å². The molecule has 7 nitrogen and oxygen atoms in total. The van der Waals surface area contributed by atoms with E-state index in [9.17, 15) is 9.59 Å². The third kappa shape index (κ3) is 4.00. The first-order valence-corrected chi connectivity index (χ1v) is 8.84. The van der Waals surface area contributed by atoms with Gasteiger partial charge >= 0.3 is 0 Å². The molecule has 0 fully saturated rings. The quantitative estimate of drug-likeness (QED) is 0.767.